The summed E-state index contributed by atoms with van der Waals surface area (Å²) >= 11 is 0. The SMILES string of the molecule is Cc1cc(F)ccc1CCn1ccc2c1CCCC2O. The van der Waals surface area contributed by atoms with Gasteiger partial charge in [0.15, 0.2) is 0 Å². The van der Waals surface area contributed by atoms with Crippen LogP contribution >= 0.6 is 0 Å². The van der Waals surface area contributed by atoms with E-state index in [-0.39, 0.29) is 11.9 Å². The summed E-state index contributed by atoms with van der Waals surface area (Å²) in [6.45, 7) is 2.84. The molecule has 1 aliphatic rings. The van der Waals surface area contributed by atoms with Crippen molar-refractivity contribution in [3.8, 4) is 0 Å². The van der Waals surface area contributed by atoms with Crippen LogP contribution in [-0.2, 0) is 19.4 Å². The van der Waals surface area contributed by atoms with Crippen molar-refractivity contribution in [1.29, 1.82) is 0 Å². The van der Waals surface area contributed by atoms with Crippen LogP contribution in [0.5, 0.6) is 0 Å². The zero-order chi connectivity index (χ0) is 14.1. The van der Waals surface area contributed by atoms with E-state index < -0.39 is 0 Å². The lowest BCUT2D eigenvalue weighted by molar-refractivity contribution is 0.155. The predicted molar refractivity (Wildman–Crippen MR) is 77.2 cm³/mol. The summed E-state index contributed by atoms with van der Waals surface area (Å²) in [6.07, 6.45) is 5.62. The van der Waals surface area contributed by atoms with E-state index in [4.69, 9.17) is 0 Å². The Morgan fingerprint density at radius 3 is 3.00 bits per heavy atom. The van der Waals surface area contributed by atoms with Crippen LogP contribution < -0.4 is 0 Å². The number of hydrogen-bond acceptors (Lipinski definition) is 1. The van der Waals surface area contributed by atoms with Crippen molar-refractivity contribution in [2.45, 2.75) is 45.3 Å². The summed E-state index contributed by atoms with van der Waals surface area (Å²) in [4.78, 5) is 0. The monoisotopic (exact) mass is 273 g/mol. The topological polar surface area (TPSA) is 25.2 Å². The van der Waals surface area contributed by atoms with E-state index in [1.54, 1.807) is 6.07 Å². The molecule has 20 heavy (non-hydrogen) atoms. The molecule has 106 valence electrons. The van der Waals surface area contributed by atoms with Gasteiger partial charge in [0, 0.05) is 24.0 Å². The number of rotatable bonds is 3. The molecule has 1 atom stereocenters. The molecular weight excluding hydrogens is 253 g/mol. The van der Waals surface area contributed by atoms with Crippen molar-refractivity contribution in [2.24, 2.45) is 0 Å². The largest absolute Gasteiger partial charge is 0.388 e. The van der Waals surface area contributed by atoms with E-state index in [1.807, 2.05) is 19.1 Å². The maximum atomic E-state index is 13.1. The highest BCUT2D eigenvalue weighted by Crippen LogP contribution is 2.30. The van der Waals surface area contributed by atoms with Crippen LogP contribution in [0, 0.1) is 12.7 Å². The Bertz CT molecular complexity index is 617. The Labute approximate surface area is 118 Å². The predicted octanol–water partition coefficient (Wildman–Crippen LogP) is 3.55. The number of benzene rings is 1. The number of nitrogens with zero attached hydrogens (tertiary/aromatic N) is 1. The van der Waals surface area contributed by atoms with Gasteiger partial charge in [0.1, 0.15) is 5.82 Å². The third-order valence-electron chi connectivity index (χ3n) is 4.29. The first kappa shape index (κ1) is 13.4. The van der Waals surface area contributed by atoms with Gasteiger partial charge in [0.2, 0.25) is 0 Å². The van der Waals surface area contributed by atoms with E-state index in [0.29, 0.717) is 0 Å². The maximum absolute atomic E-state index is 13.1. The molecule has 0 amide bonds. The van der Waals surface area contributed by atoms with Gasteiger partial charge in [-0.3, -0.25) is 0 Å². The van der Waals surface area contributed by atoms with Crippen LogP contribution in [0.4, 0.5) is 4.39 Å². The highest BCUT2D eigenvalue weighted by molar-refractivity contribution is 5.29. The third-order valence-corrected chi connectivity index (χ3v) is 4.29. The van der Waals surface area contributed by atoms with Gasteiger partial charge in [-0.1, -0.05) is 6.07 Å². The molecule has 0 saturated carbocycles. The normalized spacial score (nSPS) is 18.1. The molecule has 1 heterocycles. The summed E-state index contributed by atoms with van der Waals surface area (Å²) in [7, 11) is 0. The van der Waals surface area contributed by atoms with Gasteiger partial charge < -0.3 is 9.67 Å². The van der Waals surface area contributed by atoms with Crippen LogP contribution in [-0.4, -0.2) is 9.67 Å². The Kier molecular flexibility index (Phi) is 3.62. The Morgan fingerprint density at radius 1 is 1.35 bits per heavy atom. The fourth-order valence-electron chi connectivity index (χ4n) is 3.12. The highest BCUT2D eigenvalue weighted by Gasteiger charge is 2.20. The molecule has 1 aromatic carbocycles. The standard InChI is InChI=1S/C17H20FNO/c1-12-11-14(18)6-5-13(12)7-9-19-10-8-15-16(19)3-2-4-17(15)20/h5-6,8,10-11,17,20H,2-4,7,9H2,1H3. The third kappa shape index (κ3) is 2.50. The number of aryl methyl sites for hydroxylation is 3. The smallest absolute Gasteiger partial charge is 0.123 e. The summed E-state index contributed by atoms with van der Waals surface area (Å²) in [5.74, 6) is -0.173. The number of hydrogen-bond donors (Lipinski definition) is 1. The number of fused-ring (bicyclic) bond motifs is 1. The zero-order valence-electron chi connectivity index (χ0n) is 11.8. The molecule has 1 unspecified atom stereocenters. The molecule has 0 radical (unpaired) electrons. The second-order valence-corrected chi connectivity index (χ2v) is 5.64. The average Bonchev–Trinajstić information content (AvgIpc) is 2.83. The summed E-state index contributed by atoms with van der Waals surface area (Å²) in [5, 5.41) is 9.98. The fourth-order valence-corrected chi connectivity index (χ4v) is 3.12. The van der Waals surface area contributed by atoms with E-state index in [0.717, 1.165) is 43.4 Å². The van der Waals surface area contributed by atoms with Gasteiger partial charge in [0.25, 0.3) is 0 Å². The van der Waals surface area contributed by atoms with E-state index in [2.05, 4.69) is 10.8 Å². The van der Waals surface area contributed by atoms with Gasteiger partial charge >= 0.3 is 0 Å². The Balaban J connectivity index is 1.76. The molecule has 2 nitrogen and oxygen atoms in total. The lowest BCUT2D eigenvalue weighted by Gasteiger charge is -2.20. The molecule has 0 spiro atoms. The molecule has 3 heteroatoms. The molecule has 1 aromatic heterocycles. The number of aliphatic hydroxyl groups is 1. The van der Waals surface area contributed by atoms with Crippen molar-refractivity contribution >= 4 is 0 Å². The fraction of sp³-hybridized carbons (Fsp3) is 0.412. The molecular formula is C17H20FNO. The van der Waals surface area contributed by atoms with Gasteiger partial charge in [0.05, 0.1) is 6.10 Å². The van der Waals surface area contributed by atoms with Gasteiger partial charge in [-0.25, -0.2) is 4.39 Å². The highest BCUT2D eigenvalue weighted by atomic mass is 19.1. The second kappa shape index (κ2) is 5.41. The van der Waals surface area contributed by atoms with E-state index >= 15 is 0 Å². The number of aliphatic hydroxyl groups excluding tert-OH is 1. The van der Waals surface area contributed by atoms with Crippen LogP contribution in [0.15, 0.2) is 30.5 Å². The lowest BCUT2D eigenvalue weighted by atomic mass is 9.95. The molecule has 1 aliphatic carbocycles. The van der Waals surface area contributed by atoms with E-state index in [9.17, 15) is 9.50 Å². The first-order valence-corrected chi connectivity index (χ1v) is 7.26. The van der Waals surface area contributed by atoms with Crippen LogP contribution in [0.25, 0.3) is 0 Å². The number of halogens is 1. The summed E-state index contributed by atoms with van der Waals surface area (Å²) in [5.41, 5.74) is 4.55. The molecule has 2 aromatic rings. The zero-order valence-corrected chi connectivity index (χ0v) is 11.8. The molecule has 1 N–H and O–H groups in total. The lowest BCUT2D eigenvalue weighted by Crippen LogP contribution is -2.13. The number of aromatic nitrogens is 1. The van der Waals surface area contributed by atoms with Crippen molar-refractivity contribution in [3.63, 3.8) is 0 Å². The molecule has 0 bridgehead atoms. The summed E-state index contributed by atoms with van der Waals surface area (Å²) < 4.78 is 15.3. The van der Waals surface area contributed by atoms with Gasteiger partial charge in [-0.15, -0.1) is 0 Å². The minimum absolute atomic E-state index is 0.173. The van der Waals surface area contributed by atoms with Crippen molar-refractivity contribution in [2.75, 3.05) is 0 Å². The first-order chi connectivity index (χ1) is 9.65. The maximum Gasteiger partial charge on any atom is 0.123 e. The molecule has 3 rings (SSSR count). The second-order valence-electron chi connectivity index (χ2n) is 5.64. The summed E-state index contributed by atoms with van der Waals surface area (Å²) in [6, 6.07) is 7.02. The minimum Gasteiger partial charge on any atom is -0.388 e. The minimum atomic E-state index is -0.299. The van der Waals surface area contributed by atoms with Crippen molar-refractivity contribution in [1.82, 2.24) is 4.57 Å². The van der Waals surface area contributed by atoms with Gasteiger partial charge in [-0.05, 0) is 61.9 Å². The first-order valence-electron chi connectivity index (χ1n) is 7.26. The van der Waals surface area contributed by atoms with Crippen LogP contribution in [0.3, 0.4) is 0 Å². The van der Waals surface area contributed by atoms with Crippen molar-refractivity contribution < 1.29 is 9.50 Å². The molecule has 0 saturated heterocycles. The van der Waals surface area contributed by atoms with Crippen molar-refractivity contribution in [3.05, 3.63) is 58.7 Å². The van der Waals surface area contributed by atoms with Crippen LogP contribution in [0.2, 0.25) is 0 Å². The quantitative estimate of drug-likeness (QED) is 0.909. The molecule has 0 aliphatic heterocycles. The Hall–Kier alpha value is -1.61. The van der Waals surface area contributed by atoms with Crippen LogP contribution in [0.1, 0.15) is 41.3 Å². The Morgan fingerprint density at radius 2 is 2.20 bits per heavy atom. The van der Waals surface area contributed by atoms with E-state index in [1.165, 1.54) is 17.3 Å². The molecule has 0 fully saturated rings. The van der Waals surface area contributed by atoms with Gasteiger partial charge in [-0.2, -0.15) is 0 Å². The average molecular weight is 273 g/mol.